The molecule has 152 valence electrons. The zero-order chi connectivity index (χ0) is 19.8. The Balaban J connectivity index is 1.17. The van der Waals surface area contributed by atoms with E-state index in [4.69, 9.17) is 0 Å². The highest BCUT2D eigenvalue weighted by molar-refractivity contribution is 5.87. The molecule has 0 radical (unpaired) electrons. The molecule has 5 rings (SSSR count). The lowest BCUT2D eigenvalue weighted by atomic mass is 10.1. The lowest BCUT2D eigenvalue weighted by Gasteiger charge is -2.40. The minimum absolute atomic E-state index is 0.141. The first-order chi connectivity index (χ1) is 14.2. The van der Waals surface area contributed by atoms with Crippen LogP contribution in [0, 0.1) is 6.92 Å². The number of hydrogen-bond acceptors (Lipinski definition) is 5. The van der Waals surface area contributed by atoms with Crippen LogP contribution in [0.25, 0.3) is 0 Å². The summed E-state index contributed by atoms with van der Waals surface area (Å²) in [5, 5.41) is 7.33. The normalized spacial score (nSPS) is 22.8. The fraction of sp³-hybridized carbons (Fsp3) is 0.476. The zero-order valence-corrected chi connectivity index (χ0v) is 16.7. The van der Waals surface area contributed by atoms with Crippen molar-refractivity contribution in [2.24, 2.45) is 4.99 Å². The molecule has 3 heterocycles. The maximum Gasteiger partial charge on any atom is 0.326 e. The van der Waals surface area contributed by atoms with E-state index in [1.54, 1.807) is 15.9 Å². The standard InChI is InChI=1S/C21H27N7O/c1-16-7-8-28(24-16)15-27-14-22-20(23-21(27)29)26-11-9-25(10-12-26)19-4-2-3-18(13-19)17-5-6-17/h2-4,7-8,13-14,17,20H,5-6,9-12,15H2,1H3,(H,23,29). The lowest BCUT2D eigenvalue weighted by molar-refractivity contribution is 0.141. The van der Waals surface area contributed by atoms with Crippen LogP contribution in [0.15, 0.2) is 41.5 Å². The van der Waals surface area contributed by atoms with E-state index in [1.165, 1.54) is 24.1 Å². The molecule has 2 fully saturated rings. The second-order valence-corrected chi connectivity index (χ2v) is 8.09. The number of hydrogen-bond donors (Lipinski definition) is 1. The SMILES string of the molecule is Cc1ccn(CN2C=NC(N3CCN(c4cccc(C5CC5)c4)CC3)NC2=O)n1. The summed E-state index contributed by atoms with van der Waals surface area (Å²) in [4.78, 5) is 23.3. The van der Waals surface area contributed by atoms with Crippen molar-refractivity contribution in [3.8, 4) is 0 Å². The van der Waals surface area contributed by atoms with Gasteiger partial charge < -0.3 is 10.2 Å². The van der Waals surface area contributed by atoms with Crippen molar-refractivity contribution in [1.82, 2.24) is 24.9 Å². The van der Waals surface area contributed by atoms with Gasteiger partial charge in [0.15, 0.2) is 6.29 Å². The van der Waals surface area contributed by atoms with Crippen LogP contribution in [-0.2, 0) is 6.67 Å². The molecular weight excluding hydrogens is 366 g/mol. The molecule has 29 heavy (non-hydrogen) atoms. The number of carbonyl (C=O) groups excluding carboxylic acids is 1. The van der Waals surface area contributed by atoms with Gasteiger partial charge in [0.2, 0.25) is 0 Å². The van der Waals surface area contributed by atoms with Crippen molar-refractivity contribution < 1.29 is 4.79 Å². The third-order valence-electron chi connectivity index (χ3n) is 5.88. The molecule has 1 aromatic carbocycles. The average molecular weight is 393 g/mol. The first-order valence-electron chi connectivity index (χ1n) is 10.4. The summed E-state index contributed by atoms with van der Waals surface area (Å²) in [5.41, 5.74) is 3.71. The van der Waals surface area contributed by atoms with Gasteiger partial charge in [-0.1, -0.05) is 12.1 Å². The van der Waals surface area contributed by atoms with E-state index >= 15 is 0 Å². The Morgan fingerprint density at radius 2 is 1.97 bits per heavy atom. The van der Waals surface area contributed by atoms with Gasteiger partial charge in [-0.05, 0) is 49.4 Å². The van der Waals surface area contributed by atoms with E-state index < -0.39 is 0 Å². The van der Waals surface area contributed by atoms with Gasteiger partial charge in [0.25, 0.3) is 0 Å². The average Bonchev–Trinajstić information content (AvgIpc) is 3.52. The summed E-state index contributed by atoms with van der Waals surface area (Å²) in [7, 11) is 0. The summed E-state index contributed by atoms with van der Waals surface area (Å²) in [6, 6.07) is 10.8. The summed E-state index contributed by atoms with van der Waals surface area (Å²) in [6.45, 7) is 5.90. The van der Waals surface area contributed by atoms with Crippen molar-refractivity contribution in [2.75, 3.05) is 31.1 Å². The Hall–Kier alpha value is -2.87. The summed E-state index contributed by atoms with van der Waals surface area (Å²) in [6.07, 6.45) is 5.85. The highest BCUT2D eigenvalue weighted by Crippen LogP contribution is 2.41. The van der Waals surface area contributed by atoms with E-state index in [2.05, 4.69) is 49.5 Å². The number of aliphatic imine (C=N–C) groups is 1. The van der Waals surface area contributed by atoms with Crippen LogP contribution in [0.4, 0.5) is 10.5 Å². The van der Waals surface area contributed by atoms with Crippen molar-refractivity contribution in [2.45, 2.75) is 38.6 Å². The molecule has 8 heteroatoms. The van der Waals surface area contributed by atoms with E-state index in [1.807, 2.05) is 19.2 Å². The number of anilines is 1. The number of benzene rings is 1. The summed E-state index contributed by atoms with van der Waals surface area (Å²) >= 11 is 0. The molecule has 1 aromatic heterocycles. The number of aromatic nitrogens is 2. The van der Waals surface area contributed by atoms with Crippen LogP contribution in [-0.4, -0.2) is 64.4 Å². The highest BCUT2D eigenvalue weighted by atomic mass is 16.2. The second kappa shape index (κ2) is 7.51. The van der Waals surface area contributed by atoms with E-state index in [9.17, 15) is 4.79 Å². The molecule has 0 spiro atoms. The molecule has 8 nitrogen and oxygen atoms in total. The molecule has 2 aromatic rings. The number of piperazine rings is 1. The van der Waals surface area contributed by atoms with E-state index in [0.717, 1.165) is 37.8 Å². The Labute approximate surface area is 170 Å². The zero-order valence-electron chi connectivity index (χ0n) is 16.7. The molecule has 3 aliphatic rings. The molecule has 1 N–H and O–H groups in total. The summed E-state index contributed by atoms with van der Waals surface area (Å²) < 4.78 is 1.73. The number of nitrogens with zero attached hydrogens (tertiary/aromatic N) is 6. The predicted octanol–water partition coefficient (Wildman–Crippen LogP) is 2.19. The monoisotopic (exact) mass is 393 g/mol. The molecular formula is C21H27N7O. The largest absolute Gasteiger partial charge is 0.369 e. The van der Waals surface area contributed by atoms with E-state index in [-0.39, 0.29) is 12.3 Å². The Morgan fingerprint density at radius 1 is 1.14 bits per heavy atom. The van der Waals surface area contributed by atoms with Crippen LogP contribution in [0.2, 0.25) is 0 Å². The highest BCUT2D eigenvalue weighted by Gasteiger charge is 2.29. The van der Waals surface area contributed by atoms with Crippen molar-refractivity contribution in [3.63, 3.8) is 0 Å². The molecule has 1 unspecified atom stereocenters. The predicted molar refractivity (Wildman–Crippen MR) is 112 cm³/mol. The van der Waals surface area contributed by atoms with Gasteiger partial charge in [-0.25, -0.2) is 9.79 Å². The molecule has 2 aliphatic heterocycles. The van der Waals surface area contributed by atoms with Crippen LogP contribution in [0.3, 0.4) is 0 Å². The number of urea groups is 1. The van der Waals surface area contributed by atoms with Gasteiger partial charge >= 0.3 is 6.03 Å². The molecule has 1 atom stereocenters. The Bertz CT molecular complexity index is 911. The number of nitrogens with one attached hydrogen (secondary N) is 1. The van der Waals surface area contributed by atoms with Gasteiger partial charge in [0, 0.05) is 38.1 Å². The first-order valence-corrected chi connectivity index (χ1v) is 10.4. The smallest absolute Gasteiger partial charge is 0.326 e. The number of rotatable bonds is 5. The molecule has 1 aliphatic carbocycles. The number of carbonyl (C=O) groups is 1. The second-order valence-electron chi connectivity index (χ2n) is 8.09. The van der Waals surface area contributed by atoms with Crippen molar-refractivity contribution in [1.29, 1.82) is 0 Å². The van der Waals surface area contributed by atoms with Crippen LogP contribution < -0.4 is 10.2 Å². The molecule has 1 saturated heterocycles. The van der Waals surface area contributed by atoms with Crippen LogP contribution >= 0.6 is 0 Å². The maximum atomic E-state index is 12.5. The van der Waals surface area contributed by atoms with Crippen LogP contribution in [0.5, 0.6) is 0 Å². The molecule has 2 amide bonds. The van der Waals surface area contributed by atoms with Gasteiger partial charge in [0.05, 0.1) is 12.0 Å². The number of amides is 2. The first kappa shape index (κ1) is 18.2. The third-order valence-corrected chi connectivity index (χ3v) is 5.88. The Kier molecular flexibility index (Phi) is 4.71. The number of aryl methyl sites for hydroxylation is 1. The fourth-order valence-corrected chi connectivity index (χ4v) is 4.03. The third kappa shape index (κ3) is 3.98. The molecule has 1 saturated carbocycles. The minimum atomic E-state index is -0.293. The quantitative estimate of drug-likeness (QED) is 0.846. The van der Waals surface area contributed by atoms with Crippen LogP contribution in [0.1, 0.15) is 30.0 Å². The van der Waals surface area contributed by atoms with Gasteiger partial charge in [-0.2, -0.15) is 5.10 Å². The Morgan fingerprint density at radius 3 is 2.66 bits per heavy atom. The fourth-order valence-electron chi connectivity index (χ4n) is 4.03. The minimum Gasteiger partial charge on any atom is -0.369 e. The van der Waals surface area contributed by atoms with Crippen molar-refractivity contribution >= 4 is 18.1 Å². The van der Waals surface area contributed by atoms with Gasteiger partial charge in [-0.15, -0.1) is 0 Å². The summed E-state index contributed by atoms with van der Waals surface area (Å²) in [5.74, 6) is 0.775. The van der Waals surface area contributed by atoms with Gasteiger partial charge in [0.1, 0.15) is 6.67 Å². The van der Waals surface area contributed by atoms with Crippen molar-refractivity contribution in [3.05, 3.63) is 47.8 Å². The lowest BCUT2D eigenvalue weighted by Crippen LogP contribution is -2.59. The van der Waals surface area contributed by atoms with Gasteiger partial charge in [-0.3, -0.25) is 14.5 Å². The maximum absolute atomic E-state index is 12.5. The molecule has 0 bridgehead atoms. The van der Waals surface area contributed by atoms with E-state index in [0.29, 0.717) is 6.67 Å². The topological polar surface area (TPSA) is 69.0 Å².